The van der Waals surface area contributed by atoms with E-state index in [9.17, 15) is 9.18 Å². The fourth-order valence-electron chi connectivity index (χ4n) is 1.48. The van der Waals surface area contributed by atoms with Crippen LogP contribution in [-0.2, 0) is 4.79 Å². The van der Waals surface area contributed by atoms with Gasteiger partial charge in [-0.25, -0.2) is 4.39 Å². The Morgan fingerprint density at radius 2 is 1.87 bits per heavy atom. The summed E-state index contributed by atoms with van der Waals surface area (Å²) < 4.78 is 14.1. The van der Waals surface area contributed by atoms with E-state index in [1.165, 1.54) is 17.9 Å². The maximum absolute atomic E-state index is 13.4. The fourth-order valence-corrected chi connectivity index (χ4v) is 1.81. The number of allylic oxidation sites excluding steroid dienone is 4. The van der Waals surface area contributed by atoms with Gasteiger partial charge in [-0.2, -0.15) is 0 Å². The maximum Gasteiger partial charge on any atom is 0.224 e. The Kier molecular flexibility index (Phi) is 13.8. The van der Waals surface area contributed by atoms with E-state index in [0.29, 0.717) is 16.7 Å². The van der Waals surface area contributed by atoms with Crippen LogP contribution in [0.4, 0.5) is 4.39 Å². The summed E-state index contributed by atoms with van der Waals surface area (Å²) in [4.78, 5) is 15.4. The van der Waals surface area contributed by atoms with Crippen LogP contribution in [0.1, 0.15) is 20.8 Å². The van der Waals surface area contributed by atoms with Gasteiger partial charge >= 0.3 is 0 Å². The van der Waals surface area contributed by atoms with Crippen molar-refractivity contribution in [3.63, 3.8) is 0 Å². The summed E-state index contributed by atoms with van der Waals surface area (Å²) in [6.07, 6.45) is 6.31. The summed E-state index contributed by atoms with van der Waals surface area (Å²) in [5, 5.41) is 7.00. The standard InChI is InChI=1S/C16H24BrFN2O.CH4O/c1-7-15(18)11-16(13(3)17)20(14(4)21)10-8-9-12(2)19(5)6;1-2/h7-9,11-12H,1,10H2,2-6H3;2H,1H3/b9-8+,15-11+,16-13-;. The van der Waals surface area contributed by atoms with Gasteiger partial charge in [-0.1, -0.05) is 34.7 Å². The fraction of sp³-hybridized carbons (Fsp3) is 0.471. The van der Waals surface area contributed by atoms with Gasteiger partial charge in [0.1, 0.15) is 5.83 Å². The van der Waals surface area contributed by atoms with Crippen LogP contribution in [0.25, 0.3) is 0 Å². The first-order valence-electron chi connectivity index (χ1n) is 7.12. The van der Waals surface area contributed by atoms with Crippen molar-refractivity contribution in [1.82, 2.24) is 9.80 Å². The quantitative estimate of drug-likeness (QED) is 0.533. The van der Waals surface area contributed by atoms with Gasteiger partial charge in [-0.05, 0) is 40.1 Å². The number of nitrogens with zero attached hydrogens (tertiary/aromatic N) is 2. The molecule has 0 spiro atoms. The van der Waals surface area contributed by atoms with E-state index in [1.54, 1.807) is 6.92 Å². The van der Waals surface area contributed by atoms with Gasteiger partial charge in [0.25, 0.3) is 0 Å². The third-order valence-electron chi connectivity index (χ3n) is 3.01. The van der Waals surface area contributed by atoms with Crippen LogP contribution in [0.3, 0.4) is 0 Å². The minimum absolute atomic E-state index is 0.154. The summed E-state index contributed by atoms with van der Waals surface area (Å²) in [6.45, 7) is 9.04. The summed E-state index contributed by atoms with van der Waals surface area (Å²) in [6, 6.07) is 0.261. The highest BCUT2D eigenvalue weighted by Crippen LogP contribution is 2.20. The lowest BCUT2D eigenvalue weighted by Gasteiger charge is -2.22. The number of aliphatic hydroxyl groups excluding tert-OH is 1. The molecule has 0 saturated heterocycles. The molecule has 0 aromatic carbocycles. The Morgan fingerprint density at radius 3 is 2.22 bits per heavy atom. The highest BCUT2D eigenvalue weighted by atomic mass is 79.9. The van der Waals surface area contributed by atoms with Crippen molar-refractivity contribution in [3.05, 3.63) is 46.9 Å². The van der Waals surface area contributed by atoms with Gasteiger partial charge in [0.2, 0.25) is 5.91 Å². The summed E-state index contributed by atoms with van der Waals surface area (Å²) in [7, 11) is 4.96. The number of amides is 1. The van der Waals surface area contributed by atoms with E-state index in [4.69, 9.17) is 5.11 Å². The van der Waals surface area contributed by atoms with Crippen molar-refractivity contribution in [2.75, 3.05) is 27.7 Å². The Morgan fingerprint density at radius 1 is 1.35 bits per heavy atom. The van der Waals surface area contributed by atoms with E-state index in [0.717, 1.165) is 13.2 Å². The molecule has 1 amide bonds. The molecule has 0 aliphatic carbocycles. The molecule has 0 aromatic rings. The first-order valence-corrected chi connectivity index (χ1v) is 7.91. The number of halogens is 2. The smallest absolute Gasteiger partial charge is 0.224 e. The number of hydrogen-bond acceptors (Lipinski definition) is 3. The topological polar surface area (TPSA) is 43.8 Å². The van der Waals surface area contributed by atoms with Crippen molar-refractivity contribution in [3.8, 4) is 0 Å². The molecule has 0 aromatic heterocycles. The van der Waals surface area contributed by atoms with Crippen LogP contribution in [0.2, 0.25) is 0 Å². The highest BCUT2D eigenvalue weighted by molar-refractivity contribution is 9.11. The first kappa shape index (κ1) is 24.0. The summed E-state index contributed by atoms with van der Waals surface area (Å²) >= 11 is 3.32. The van der Waals surface area contributed by atoms with E-state index in [-0.39, 0.29) is 11.9 Å². The Labute approximate surface area is 147 Å². The molecule has 132 valence electrons. The van der Waals surface area contributed by atoms with Gasteiger partial charge in [-0.15, -0.1) is 0 Å². The van der Waals surface area contributed by atoms with Gasteiger partial charge in [0.05, 0.1) is 5.70 Å². The molecule has 0 radical (unpaired) electrons. The predicted molar refractivity (Wildman–Crippen MR) is 98.8 cm³/mol. The molecule has 1 N–H and O–H groups in total. The van der Waals surface area contributed by atoms with E-state index >= 15 is 0 Å². The van der Waals surface area contributed by atoms with Crippen molar-refractivity contribution in [2.24, 2.45) is 0 Å². The van der Waals surface area contributed by atoms with Crippen molar-refractivity contribution in [2.45, 2.75) is 26.8 Å². The Bertz CT molecular complexity index is 467. The Hall–Kier alpha value is -1.24. The maximum atomic E-state index is 13.4. The van der Waals surface area contributed by atoms with E-state index in [1.807, 2.05) is 26.2 Å². The molecule has 0 fully saturated rings. The number of hydrogen-bond donors (Lipinski definition) is 1. The molecule has 1 unspecified atom stereocenters. The lowest BCUT2D eigenvalue weighted by molar-refractivity contribution is -0.126. The van der Waals surface area contributed by atoms with Crippen LogP contribution in [-0.4, -0.2) is 54.6 Å². The SMILES string of the molecule is C=C/C(F)=C\C(=C(/C)Br)N(C/C=C/C(C)N(C)C)C(C)=O.CO. The first-order chi connectivity index (χ1) is 10.7. The van der Waals surface area contributed by atoms with Crippen LogP contribution in [0.15, 0.2) is 46.9 Å². The summed E-state index contributed by atoms with van der Waals surface area (Å²) in [5.41, 5.74) is 0.488. The van der Waals surface area contributed by atoms with Crippen LogP contribution < -0.4 is 0 Å². The lowest BCUT2D eigenvalue weighted by atomic mass is 10.2. The van der Waals surface area contributed by atoms with Gasteiger partial charge in [-0.3, -0.25) is 4.79 Å². The molecule has 0 heterocycles. The van der Waals surface area contributed by atoms with E-state index < -0.39 is 5.83 Å². The molecule has 0 rings (SSSR count). The number of aliphatic hydroxyl groups is 1. The normalized spacial score (nSPS) is 14.1. The molecule has 6 heteroatoms. The number of rotatable bonds is 7. The lowest BCUT2D eigenvalue weighted by Crippen LogP contribution is -2.29. The zero-order valence-electron chi connectivity index (χ0n) is 14.8. The van der Waals surface area contributed by atoms with Crippen LogP contribution in [0, 0.1) is 0 Å². The zero-order chi connectivity index (χ0) is 18.6. The van der Waals surface area contributed by atoms with Crippen molar-refractivity contribution >= 4 is 21.8 Å². The molecular formula is C17H28BrFN2O2. The molecule has 0 bridgehead atoms. The van der Waals surface area contributed by atoms with Gasteiger partial charge in [0.15, 0.2) is 0 Å². The number of carbonyl (C=O) groups excluding carboxylic acids is 1. The average Bonchev–Trinajstić information content (AvgIpc) is 2.50. The van der Waals surface area contributed by atoms with E-state index in [2.05, 4.69) is 34.3 Å². The minimum atomic E-state index is -0.485. The average molecular weight is 391 g/mol. The molecular weight excluding hydrogens is 363 g/mol. The number of likely N-dealkylation sites (N-methyl/N-ethyl adjacent to an activating group) is 1. The second kappa shape index (κ2) is 13.2. The molecule has 23 heavy (non-hydrogen) atoms. The molecule has 0 aliphatic heterocycles. The third-order valence-corrected chi connectivity index (χ3v) is 3.42. The van der Waals surface area contributed by atoms with Crippen molar-refractivity contribution in [1.29, 1.82) is 0 Å². The summed E-state index contributed by atoms with van der Waals surface area (Å²) in [5.74, 6) is -0.639. The van der Waals surface area contributed by atoms with Gasteiger partial charge in [0, 0.05) is 31.1 Å². The third kappa shape index (κ3) is 10.2. The minimum Gasteiger partial charge on any atom is -0.400 e. The second-order valence-corrected chi connectivity index (χ2v) is 6.10. The molecule has 4 nitrogen and oxygen atoms in total. The number of carbonyl (C=O) groups is 1. The van der Waals surface area contributed by atoms with Crippen LogP contribution in [0.5, 0.6) is 0 Å². The molecule has 0 saturated carbocycles. The van der Waals surface area contributed by atoms with Gasteiger partial charge < -0.3 is 14.9 Å². The highest BCUT2D eigenvalue weighted by Gasteiger charge is 2.14. The monoisotopic (exact) mass is 390 g/mol. The zero-order valence-corrected chi connectivity index (χ0v) is 16.4. The predicted octanol–water partition coefficient (Wildman–Crippen LogP) is 3.62. The second-order valence-electron chi connectivity index (χ2n) is 4.91. The van der Waals surface area contributed by atoms with Crippen molar-refractivity contribution < 1.29 is 14.3 Å². The Balaban J connectivity index is 0. The molecule has 1 atom stereocenters. The van der Waals surface area contributed by atoms with Crippen LogP contribution >= 0.6 is 15.9 Å². The largest absolute Gasteiger partial charge is 0.400 e. The molecule has 0 aliphatic rings.